The summed E-state index contributed by atoms with van der Waals surface area (Å²) in [4.78, 5) is 0. The molecule has 0 heterocycles. The Kier molecular flexibility index (Phi) is 18.6. The van der Waals surface area contributed by atoms with Crippen LogP contribution in [-0.2, 0) is 0 Å². The Morgan fingerprint density at radius 3 is 1.17 bits per heavy atom. The van der Waals surface area contributed by atoms with E-state index in [0.717, 1.165) is 5.92 Å². The number of rotatable bonds is 21. The summed E-state index contributed by atoms with van der Waals surface area (Å²) >= 11 is 0. The Hall–Kier alpha value is -0.780. The van der Waals surface area contributed by atoms with Crippen LogP contribution in [0.5, 0.6) is 0 Å². The Morgan fingerprint density at radius 2 is 0.793 bits per heavy atom. The minimum Gasteiger partial charge on any atom is -0.0654 e. The molecule has 0 saturated carbocycles. The summed E-state index contributed by atoms with van der Waals surface area (Å²) in [7, 11) is 0. The van der Waals surface area contributed by atoms with E-state index in [1.165, 1.54) is 128 Å². The van der Waals surface area contributed by atoms with Gasteiger partial charge in [0.25, 0.3) is 0 Å². The van der Waals surface area contributed by atoms with Crippen LogP contribution in [0.1, 0.15) is 154 Å². The zero-order valence-electron chi connectivity index (χ0n) is 20.1. The Bertz CT molecular complexity index is 421. The Morgan fingerprint density at radius 1 is 0.448 bits per heavy atom. The van der Waals surface area contributed by atoms with Crippen molar-refractivity contribution in [2.45, 2.75) is 148 Å². The average molecular weight is 401 g/mol. The highest BCUT2D eigenvalue weighted by Gasteiger charge is 2.10. The van der Waals surface area contributed by atoms with E-state index in [2.05, 4.69) is 44.2 Å². The van der Waals surface area contributed by atoms with Crippen LogP contribution in [0.4, 0.5) is 0 Å². The van der Waals surface area contributed by atoms with Crippen LogP contribution < -0.4 is 0 Å². The van der Waals surface area contributed by atoms with Crippen molar-refractivity contribution in [3.8, 4) is 0 Å². The van der Waals surface area contributed by atoms with Gasteiger partial charge in [-0.05, 0) is 24.3 Å². The van der Waals surface area contributed by atoms with Crippen molar-refractivity contribution in [3.63, 3.8) is 0 Å². The van der Waals surface area contributed by atoms with Crippen LogP contribution in [0.3, 0.4) is 0 Å². The molecular weight excluding hydrogens is 348 g/mol. The molecule has 0 fully saturated rings. The average Bonchev–Trinajstić information content (AvgIpc) is 2.76. The zero-order valence-corrected chi connectivity index (χ0v) is 20.1. The van der Waals surface area contributed by atoms with Gasteiger partial charge in [-0.1, -0.05) is 160 Å². The molecule has 0 heteroatoms. The van der Waals surface area contributed by atoms with E-state index in [4.69, 9.17) is 0 Å². The smallest absolute Gasteiger partial charge is 0.0162 e. The molecule has 168 valence electrons. The topological polar surface area (TPSA) is 0 Å². The van der Waals surface area contributed by atoms with Gasteiger partial charge in [-0.2, -0.15) is 0 Å². The molecule has 0 aliphatic carbocycles. The largest absolute Gasteiger partial charge is 0.0654 e. The summed E-state index contributed by atoms with van der Waals surface area (Å²) < 4.78 is 0. The quantitative estimate of drug-likeness (QED) is 0.180. The molecule has 0 N–H and O–H groups in total. The van der Waals surface area contributed by atoms with Gasteiger partial charge in [-0.15, -0.1) is 0 Å². The van der Waals surface area contributed by atoms with Gasteiger partial charge in [-0.3, -0.25) is 0 Å². The van der Waals surface area contributed by atoms with Gasteiger partial charge in [-0.25, -0.2) is 0 Å². The summed E-state index contributed by atoms with van der Waals surface area (Å²) in [5.74, 6) is 0.797. The molecule has 0 aliphatic rings. The molecule has 1 aromatic rings. The fraction of sp³-hybridized carbons (Fsp3) is 0.793. The normalized spacial score (nSPS) is 12.3. The van der Waals surface area contributed by atoms with Gasteiger partial charge in [0.2, 0.25) is 0 Å². The third-order valence-corrected chi connectivity index (χ3v) is 6.58. The van der Waals surface area contributed by atoms with Crippen LogP contribution in [0, 0.1) is 0 Å². The minimum atomic E-state index is 0.797. The highest BCUT2D eigenvalue weighted by molar-refractivity contribution is 5.19. The Balaban J connectivity index is 2.11. The number of unbranched alkanes of at least 4 members (excludes halogenated alkanes) is 16. The first-order valence-corrected chi connectivity index (χ1v) is 13.4. The van der Waals surface area contributed by atoms with Crippen molar-refractivity contribution in [2.24, 2.45) is 0 Å². The highest BCUT2D eigenvalue weighted by atomic mass is 14.2. The van der Waals surface area contributed by atoms with Gasteiger partial charge in [0.1, 0.15) is 0 Å². The maximum atomic E-state index is 2.37. The molecule has 0 bridgehead atoms. The molecule has 0 amide bonds. The molecule has 0 radical (unpaired) electrons. The van der Waals surface area contributed by atoms with E-state index < -0.39 is 0 Å². The Labute approximate surface area is 184 Å². The van der Waals surface area contributed by atoms with E-state index in [-0.39, 0.29) is 0 Å². The van der Waals surface area contributed by atoms with Crippen LogP contribution in [-0.4, -0.2) is 0 Å². The number of hydrogen-bond donors (Lipinski definition) is 0. The monoisotopic (exact) mass is 400 g/mol. The van der Waals surface area contributed by atoms with Gasteiger partial charge < -0.3 is 0 Å². The van der Waals surface area contributed by atoms with Gasteiger partial charge in [0.05, 0.1) is 0 Å². The van der Waals surface area contributed by atoms with Crippen molar-refractivity contribution >= 4 is 0 Å². The lowest BCUT2D eigenvalue weighted by Gasteiger charge is -2.17. The van der Waals surface area contributed by atoms with Crippen LogP contribution in [0.25, 0.3) is 0 Å². The summed E-state index contributed by atoms with van der Waals surface area (Å²) in [6.45, 7) is 4.61. The molecule has 0 nitrogen and oxygen atoms in total. The molecule has 29 heavy (non-hydrogen) atoms. The number of hydrogen-bond acceptors (Lipinski definition) is 0. The van der Waals surface area contributed by atoms with Crippen molar-refractivity contribution in [1.29, 1.82) is 0 Å². The van der Waals surface area contributed by atoms with Gasteiger partial charge in [0.15, 0.2) is 0 Å². The van der Waals surface area contributed by atoms with Crippen molar-refractivity contribution < 1.29 is 0 Å². The van der Waals surface area contributed by atoms with Crippen LogP contribution in [0.2, 0.25) is 0 Å². The standard InChI is InChI=1S/C29H52/c1-3-5-7-9-11-12-13-14-16-18-21-25-28(29-26-22-19-23-27-29)24-20-17-15-10-8-6-4-2/h19,22-23,26-28H,3-18,20-21,24-25H2,1-2H3. The van der Waals surface area contributed by atoms with E-state index in [1.54, 1.807) is 5.56 Å². The first-order valence-electron chi connectivity index (χ1n) is 13.4. The van der Waals surface area contributed by atoms with E-state index >= 15 is 0 Å². The lowest BCUT2D eigenvalue weighted by molar-refractivity contribution is 0.482. The molecule has 1 aromatic carbocycles. The maximum absolute atomic E-state index is 2.37. The molecule has 1 rings (SSSR count). The van der Waals surface area contributed by atoms with E-state index in [1.807, 2.05) is 0 Å². The van der Waals surface area contributed by atoms with E-state index in [0.29, 0.717) is 0 Å². The predicted octanol–water partition coefficient (Wildman–Crippen LogP) is 10.6. The molecule has 0 saturated heterocycles. The highest BCUT2D eigenvalue weighted by Crippen LogP contribution is 2.28. The van der Waals surface area contributed by atoms with Crippen LogP contribution in [0.15, 0.2) is 30.3 Å². The van der Waals surface area contributed by atoms with Crippen molar-refractivity contribution in [3.05, 3.63) is 35.9 Å². The zero-order chi connectivity index (χ0) is 20.8. The summed E-state index contributed by atoms with van der Waals surface area (Å²) in [6.07, 6.45) is 28.7. The van der Waals surface area contributed by atoms with Gasteiger partial charge >= 0.3 is 0 Å². The fourth-order valence-corrected chi connectivity index (χ4v) is 4.61. The predicted molar refractivity (Wildman–Crippen MR) is 133 cm³/mol. The third kappa shape index (κ3) is 15.7. The summed E-state index contributed by atoms with van der Waals surface area (Å²) in [5.41, 5.74) is 1.59. The molecule has 1 atom stereocenters. The van der Waals surface area contributed by atoms with Crippen molar-refractivity contribution in [1.82, 2.24) is 0 Å². The summed E-state index contributed by atoms with van der Waals surface area (Å²) in [5, 5.41) is 0. The molecule has 1 unspecified atom stereocenters. The SMILES string of the molecule is CCCCCCCCCCCCCC(CCCCCCCCC)c1ccccc1. The van der Waals surface area contributed by atoms with Crippen LogP contribution >= 0.6 is 0 Å². The third-order valence-electron chi connectivity index (χ3n) is 6.58. The van der Waals surface area contributed by atoms with E-state index in [9.17, 15) is 0 Å². The fourth-order valence-electron chi connectivity index (χ4n) is 4.61. The lowest BCUT2D eigenvalue weighted by Crippen LogP contribution is -1.99. The second-order valence-corrected chi connectivity index (χ2v) is 9.34. The van der Waals surface area contributed by atoms with Crippen molar-refractivity contribution in [2.75, 3.05) is 0 Å². The molecule has 0 aliphatic heterocycles. The number of benzene rings is 1. The molecule has 0 spiro atoms. The lowest BCUT2D eigenvalue weighted by atomic mass is 9.88. The second-order valence-electron chi connectivity index (χ2n) is 9.34. The molecule has 0 aromatic heterocycles. The summed E-state index contributed by atoms with van der Waals surface area (Å²) in [6, 6.07) is 11.4. The first kappa shape index (κ1) is 26.3. The minimum absolute atomic E-state index is 0.797. The second kappa shape index (κ2) is 20.5. The first-order chi connectivity index (χ1) is 14.4. The van der Waals surface area contributed by atoms with Gasteiger partial charge in [0, 0.05) is 0 Å². The maximum Gasteiger partial charge on any atom is -0.0162 e. The molecular formula is C29H52.